The number of fused-ring (bicyclic) bond motifs is 1. The molecule has 0 amide bonds. The lowest BCUT2D eigenvalue weighted by molar-refractivity contribution is 0.634. The molecule has 1 atom stereocenters. The molecule has 0 saturated carbocycles. The van der Waals surface area contributed by atoms with Gasteiger partial charge in [-0.1, -0.05) is 43.7 Å². The van der Waals surface area contributed by atoms with Gasteiger partial charge in [0.25, 0.3) is 0 Å². The summed E-state index contributed by atoms with van der Waals surface area (Å²) in [6, 6.07) is 10.5. The number of rotatable bonds is 4. The Morgan fingerprint density at radius 2 is 1.95 bits per heavy atom. The Hall–Kier alpha value is -2.30. The number of nitrogen functional groups attached to an aromatic ring is 1. The number of benzene rings is 1. The van der Waals surface area contributed by atoms with Gasteiger partial charge in [-0.3, -0.25) is 9.25 Å². The van der Waals surface area contributed by atoms with Crippen molar-refractivity contribution >= 4 is 17.1 Å². The first-order valence-corrected chi connectivity index (χ1v) is 7.37. The molecule has 1 unspecified atom stereocenters. The van der Waals surface area contributed by atoms with Crippen LogP contribution in [0.4, 0.5) is 5.95 Å². The van der Waals surface area contributed by atoms with E-state index in [4.69, 9.17) is 5.73 Å². The molecule has 0 bridgehead atoms. The van der Waals surface area contributed by atoms with E-state index in [1.165, 1.54) is 5.56 Å². The predicted octanol–water partition coefficient (Wildman–Crippen LogP) is 2.91. The molecule has 21 heavy (non-hydrogen) atoms. The third-order valence-electron chi connectivity index (χ3n) is 3.92. The average molecular weight is 283 g/mol. The van der Waals surface area contributed by atoms with Crippen molar-refractivity contribution in [1.82, 2.24) is 19.3 Å². The first-order chi connectivity index (χ1) is 10.1. The van der Waals surface area contributed by atoms with E-state index in [0.29, 0.717) is 5.95 Å². The first kappa shape index (κ1) is 13.7. The van der Waals surface area contributed by atoms with E-state index in [2.05, 4.69) is 40.6 Å². The summed E-state index contributed by atoms with van der Waals surface area (Å²) in [5, 5.41) is 4.60. The van der Waals surface area contributed by atoms with E-state index in [-0.39, 0.29) is 6.04 Å². The second-order valence-corrected chi connectivity index (χ2v) is 5.42. The summed E-state index contributed by atoms with van der Waals surface area (Å²) >= 11 is 0. The highest BCUT2D eigenvalue weighted by molar-refractivity contribution is 5.78. The number of anilines is 1. The Kier molecular flexibility index (Phi) is 3.41. The Balaban J connectivity index is 2.16. The maximum absolute atomic E-state index is 6.18. The van der Waals surface area contributed by atoms with Crippen molar-refractivity contribution in [1.29, 1.82) is 0 Å². The van der Waals surface area contributed by atoms with Crippen molar-refractivity contribution in [3.8, 4) is 0 Å². The zero-order valence-corrected chi connectivity index (χ0v) is 12.7. The molecule has 0 saturated heterocycles. The zero-order chi connectivity index (χ0) is 15.0. The topological polar surface area (TPSA) is 61.7 Å². The van der Waals surface area contributed by atoms with Crippen molar-refractivity contribution in [2.75, 3.05) is 5.73 Å². The molecule has 0 radical (unpaired) electrons. The molecule has 0 fully saturated rings. The Labute approximate surface area is 124 Å². The van der Waals surface area contributed by atoms with Crippen molar-refractivity contribution in [3.63, 3.8) is 0 Å². The van der Waals surface area contributed by atoms with Gasteiger partial charge in [0.15, 0.2) is 5.65 Å². The van der Waals surface area contributed by atoms with Gasteiger partial charge >= 0.3 is 0 Å². The van der Waals surface area contributed by atoms with Gasteiger partial charge in [-0.05, 0) is 18.9 Å². The lowest BCUT2D eigenvalue weighted by Crippen LogP contribution is -2.12. The van der Waals surface area contributed by atoms with Crippen LogP contribution in [0.3, 0.4) is 0 Å². The molecule has 5 nitrogen and oxygen atoms in total. The van der Waals surface area contributed by atoms with E-state index in [9.17, 15) is 0 Å². The van der Waals surface area contributed by atoms with Gasteiger partial charge in [-0.15, -0.1) is 0 Å². The summed E-state index contributed by atoms with van der Waals surface area (Å²) in [4.78, 5) is 4.56. The highest BCUT2D eigenvalue weighted by atomic mass is 15.4. The third kappa shape index (κ3) is 2.18. The first-order valence-electron chi connectivity index (χ1n) is 7.37. The second kappa shape index (κ2) is 5.24. The van der Waals surface area contributed by atoms with E-state index in [1.807, 2.05) is 29.9 Å². The lowest BCUT2D eigenvalue weighted by atomic mass is 10.1. The van der Waals surface area contributed by atoms with Gasteiger partial charge in [-0.25, -0.2) is 4.98 Å². The van der Waals surface area contributed by atoms with Crippen LogP contribution in [-0.4, -0.2) is 19.3 Å². The van der Waals surface area contributed by atoms with Gasteiger partial charge < -0.3 is 5.73 Å². The van der Waals surface area contributed by atoms with Crippen LogP contribution in [0.5, 0.6) is 0 Å². The van der Waals surface area contributed by atoms with Crippen LogP contribution in [0.2, 0.25) is 0 Å². The Bertz CT molecular complexity index is 754. The molecule has 1 aromatic carbocycles. The minimum Gasteiger partial charge on any atom is -0.369 e. The molecule has 2 heterocycles. The molecule has 0 aliphatic carbocycles. The van der Waals surface area contributed by atoms with E-state index < -0.39 is 0 Å². The monoisotopic (exact) mass is 283 g/mol. The van der Waals surface area contributed by atoms with E-state index >= 15 is 0 Å². The third-order valence-corrected chi connectivity index (χ3v) is 3.92. The van der Waals surface area contributed by atoms with Gasteiger partial charge in [0.05, 0.1) is 11.7 Å². The molecule has 110 valence electrons. The van der Waals surface area contributed by atoms with Crippen LogP contribution in [-0.2, 0) is 13.5 Å². The molecular weight excluding hydrogens is 262 g/mol. The van der Waals surface area contributed by atoms with Crippen LogP contribution in [0.1, 0.15) is 37.6 Å². The molecular formula is C16H21N5. The highest BCUT2D eigenvalue weighted by Gasteiger charge is 2.21. The summed E-state index contributed by atoms with van der Waals surface area (Å²) in [5.74, 6) is 0.548. The van der Waals surface area contributed by atoms with Crippen molar-refractivity contribution < 1.29 is 0 Å². The summed E-state index contributed by atoms with van der Waals surface area (Å²) < 4.78 is 3.96. The van der Waals surface area contributed by atoms with Crippen LogP contribution in [0, 0.1) is 0 Å². The minimum absolute atomic E-state index is 0.126. The van der Waals surface area contributed by atoms with Crippen LogP contribution in [0.25, 0.3) is 11.2 Å². The molecule has 2 aromatic heterocycles. The molecule has 0 aliphatic heterocycles. The number of imidazole rings is 1. The number of aromatic nitrogens is 4. The summed E-state index contributed by atoms with van der Waals surface area (Å²) in [5.41, 5.74) is 10.3. The van der Waals surface area contributed by atoms with Crippen LogP contribution >= 0.6 is 0 Å². The molecule has 5 heteroatoms. The molecule has 0 aliphatic rings. The molecule has 3 aromatic rings. The minimum atomic E-state index is 0.126. The van der Waals surface area contributed by atoms with Gasteiger partial charge in [0.2, 0.25) is 5.95 Å². The normalized spacial score (nSPS) is 12.9. The fraction of sp³-hybridized carbons (Fsp3) is 0.375. The smallest absolute Gasteiger partial charge is 0.203 e. The van der Waals surface area contributed by atoms with Crippen LogP contribution < -0.4 is 5.73 Å². The van der Waals surface area contributed by atoms with Crippen LogP contribution in [0.15, 0.2) is 30.3 Å². The fourth-order valence-corrected chi connectivity index (χ4v) is 2.89. The summed E-state index contributed by atoms with van der Waals surface area (Å²) in [6.45, 7) is 4.28. The van der Waals surface area contributed by atoms with E-state index in [1.54, 1.807) is 0 Å². The fourth-order valence-electron chi connectivity index (χ4n) is 2.89. The second-order valence-electron chi connectivity index (χ2n) is 5.42. The number of hydrogen-bond donors (Lipinski definition) is 1. The molecule has 0 spiro atoms. The summed E-state index contributed by atoms with van der Waals surface area (Å²) in [7, 11) is 1.96. The lowest BCUT2D eigenvalue weighted by Gasteiger charge is -2.16. The quantitative estimate of drug-likeness (QED) is 0.800. The standard InChI is InChI=1S/C16H21N5/c1-4-8-13-14-15(20(3)19-13)21(16(17)18-14)11(2)12-9-6-5-7-10-12/h5-7,9-11H,4,8H2,1-3H3,(H2,17,18). The maximum Gasteiger partial charge on any atom is 0.203 e. The maximum atomic E-state index is 6.18. The molecule has 3 rings (SSSR count). The Morgan fingerprint density at radius 3 is 2.62 bits per heavy atom. The SMILES string of the molecule is CCCc1nn(C)c2c1nc(N)n2C(C)c1ccccc1. The number of nitrogens with two attached hydrogens (primary N) is 1. The van der Waals surface area contributed by atoms with Crippen molar-refractivity contribution in [2.24, 2.45) is 7.05 Å². The summed E-state index contributed by atoms with van der Waals surface area (Å²) in [6.07, 6.45) is 1.97. The van der Waals surface area contributed by atoms with Gasteiger partial charge in [0, 0.05) is 7.05 Å². The number of aryl methyl sites for hydroxylation is 2. The van der Waals surface area contributed by atoms with Gasteiger partial charge in [0.1, 0.15) is 5.52 Å². The zero-order valence-electron chi connectivity index (χ0n) is 12.7. The average Bonchev–Trinajstić information content (AvgIpc) is 2.97. The van der Waals surface area contributed by atoms with Gasteiger partial charge in [-0.2, -0.15) is 5.10 Å². The largest absolute Gasteiger partial charge is 0.369 e. The number of nitrogens with zero attached hydrogens (tertiary/aromatic N) is 4. The van der Waals surface area contributed by atoms with Crippen molar-refractivity contribution in [2.45, 2.75) is 32.7 Å². The number of hydrogen-bond acceptors (Lipinski definition) is 3. The van der Waals surface area contributed by atoms with E-state index in [0.717, 1.165) is 29.7 Å². The predicted molar refractivity (Wildman–Crippen MR) is 85.2 cm³/mol. The van der Waals surface area contributed by atoms with Crippen molar-refractivity contribution in [3.05, 3.63) is 41.6 Å². The Morgan fingerprint density at radius 1 is 1.24 bits per heavy atom. The highest BCUT2D eigenvalue weighted by Crippen LogP contribution is 2.28. The molecule has 2 N–H and O–H groups in total.